The van der Waals surface area contributed by atoms with Crippen molar-refractivity contribution >= 4 is 28.3 Å². The van der Waals surface area contributed by atoms with Gasteiger partial charge in [0.05, 0.1) is 12.2 Å². The van der Waals surface area contributed by atoms with Gasteiger partial charge in [0, 0.05) is 10.1 Å². The van der Waals surface area contributed by atoms with Crippen LogP contribution in [-0.2, 0) is 13.1 Å². The van der Waals surface area contributed by atoms with Gasteiger partial charge in [-0.05, 0) is 72.1 Å². The summed E-state index contributed by atoms with van der Waals surface area (Å²) in [4.78, 5) is 2.16. The van der Waals surface area contributed by atoms with Gasteiger partial charge in [-0.25, -0.2) is 0 Å². The van der Waals surface area contributed by atoms with Gasteiger partial charge in [0.25, 0.3) is 0 Å². The fraction of sp³-hybridized carbons (Fsp3) is 0.250. The molecule has 2 rings (SSSR count). The first-order chi connectivity index (χ1) is 9.63. The molecule has 4 heteroatoms. The molecule has 0 N–H and O–H groups in total. The van der Waals surface area contributed by atoms with Crippen LogP contribution in [0.3, 0.4) is 0 Å². The summed E-state index contributed by atoms with van der Waals surface area (Å²) >= 11 is 2.28. The van der Waals surface area contributed by atoms with E-state index in [2.05, 4.69) is 76.1 Å². The summed E-state index contributed by atoms with van der Waals surface area (Å²) in [6.07, 6.45) is 0. The summed E-state index contributed by atoms with van der Waals surface area (Å²) in [5.41, 5.74) is 3.39. The van der Waals surface area contributed by atoms with Crippen LogP contribution in [0.4, 0.5) is 5.69 Å². The maximum absolute atomic E-state index is 4.24. The molecule has 0 aliphatic rings. The molecule has 2 aromatic carbocycles. The van der Waals surface area contributed by atoms with Crippen LogP contribution in [0.5, 0.6) is 0 Å². The molecule has 0 aromatic heterocycles. The quantitative estimate of drug-likeness (QED) is 0.550. The second kappa shape index (κ2) is 7.50. The van der Waals surface area contributed by atoms with Crippen LogP contribution in [0, 0.1) is 3.57 Å². The molecular formula is C16H18IN3. The van der Waals surface area contributed by atoms with Crippen molar-refractivity contribution in [1.29, 1.82) is 0 Å². The average molecular weight is 379 g/mol. The van der Waals surface area contributed by atoms with Crippen LogP contribution < -0.4 is 0 Å². The first-order valence-electron chi connectivity index (χ1n) is 6.49. The van der Waals surface area contributed by atoms with Crippen molar-refractivity contribution in [2.75, 3.05) is 14.1 Å². The number of hydrogen-bond donors (Lipinski definition) is 0. The van der Waals surface area contributed by atoms with Gasteiger partial charge in [-0.1, -0.05) is 24.3 Å². The fourth-order valence-electron chi connectivity index (χ4n) is 1.82. The Hall–Kier alpha value is -1.27. The highest BCUT2D eigenvalue weighted by molar-refractivity contribution is 14.1. The lowest BCUT2D eigenvalue weighted by Gasteiger charge is -2.09. The summed E-state index contributed by atoms with van der Waals surface area (Å²) in [5.74, 6) is 0. The molecule has 0 unspecified atom stereocenters. The first kappa shape index (κ1) is 15.1. The van der Waals surface area contributed by atoms with Gasteiger partial charge in [0.15, 0.2) is 0 Å². The Kier molecular flexibility index (Phi) is 5.67. The van der Waals surface area contributed by atoms with E-state index in [1.54, 1.807) is 0 Å². The third-order valence-electron chi connectivity index (χ3n) is 2.79. The number of halogens is 1. The zero-order chi connectivity index (χ0) is 14.4. The third-order valence-corrected chi connectivity index (χ3v) is 3.51. The largest absolute Gasteiger partial charge is 0.305 e. The summed E-state index contributed by atoms with van der Waals surface area (Å²) in [6, 6.07) is 16.6. The smallest absolute Gasteiger partial charge is 0.0853 e. The molecule has 0 radical (unpaired) electrons. The van der Waals surface area contributed by atoms with Crippen molar-refractivity contribution in [1.82, 2.24) is 4.90 Å². The third kappa shape index (κ3) is 5.02. The predicted octanol–water partition coefficient (Wildman–Crippen LogP) is 4.64. The number of nitrogens with zero attached hydrogens (tertiary/aromatic N) is 3. The van der Waals surface area contributed by atoms with E-state index in [0.717, 1.165) is 12.2 Å². The molecule has 0 spiro atoms. The van der Waals surface area contributed by atoms with Gasteiger partial charge in [-0.3, -0.25) is 0 Å². The number of hydrogen-bond acceptors (Lipinski definition) is 3. The van der Waals surface area contributed by atoms with E-state index in [1.807, 2.05) is 24.3 Å². The molecule has 0 atom stereocenters. The van der Waals surface area contributed by atoms with Crippen LogP contribution >= 0.6 is 22.6 Å². The van der Waals surface area contributed by atoms with Crippen LogP contribution in [0.2, 0.25) is 0 Å². The second-order valence-electron chi connectivity index (χ2n) is 4.93. The van der Waals surface area contributed by atoms with Gasteiger partial charge in [0.1, 0.15) is 0 Å². The van der Waals surface area contributed by atoms with Crippen LogP contribution in [0.1, 0.15) is 11.1 Å². The van der Waals surface area contributed by atoms with E-state index in [1.165, 1.54) is 14.7 Å². The minimum Gasteiger partial charge on any atom is -0.305 e. The Balaban J connectivity index is 1.92. The maximum atomic E-state index is 4.24. The van der Waals surface area contributed by atoms with Gasteiger partial charge in [-0.2, -0.15) is 10.2 Å². The molecule has 3 nitrogen and oxygen atoms in total. The first-order valence-corrected chi connectivity index (χ1v) is 7.57. The maximum Gasteiger partial charge on any atom is 0.0853 e. The SMILES string of the molecule is CN(C)Cc1ccc(CN=Nc2ccc(I)cc2)cc1. The summed E-state index contributed by atoms with van der Waals surface area (Å²) in [6.45, 7) is 1.58. The Morgan fingerprint density at radius 3 is 2.10 bits per heavy atom. The zero-order valence-corrected chi connectivity index (χ0v) is 13.9. The highest BCUT2D eigenvalue weighted by Crippen LogP contribution is 2.15. The van der Waals surface area contributed by atoms with E-state index >= 15 is 0 Å². The van der Waals surface area contributed by atoms with Crippen molar-refractivity contribution in [2.24, 2.45) is 10.2 Å². The standard InChI is InChI=1S/C16H18IN3/c1-20(2)12-14-5-3-13(4-6-14)11-18-19-16-9-7-15(17)8-10-16/h3-10H,11-12H2,1-2H3. The predicted molar refractivity (Wildman–Crippen MR) is 91.2 cm³/mol. The Morgan fingerprint density at radius 2 is 1.50 bits per heavy atom. The van der Waals surface area contributed by atoms with Crippen molar-refractivity contribution in [3.63, 3.8) is 0 Å². The summed E-state index contributed by atoms with van der Waals surface area (Å²) in [7, 11) is 4.15. The van der Waals surface area contributed by atoms with E-state index < -0.39 is 0 Å². The van der Waals surface area contributed by atoms with E-state index in [4.69, 9.17) is 0 Å². The molecule has 0 aliphatic heterocycles. The monoisotopic (exact) mass is 379 g/mol. The molecule has 0 saturated carbocycles. The summed E-state index contributed by atoms with van der Waals surface area (Å²) < 4.78 is 1.21. The van der Waals surface area contributed by atoms with E-state index in [-0.39, 0.29) is 0 Å². The number of benzene rings is 2. The molecule has 0 fully saturated rings. The van der Waals surface area contributed by atoms with Crippen molar-refractivity contribution in [2.45, 2.75) is 13.1 Å². The molecule has 2 aromatic rings. The van der Waals surface area contributed by atoms with Gasteiger partial charge in [-0.15, -0.1) is 0 Å². The molecule has 0 bridgehead atoms. The minimum atomic E-state index is 0.619. The van der Waals surface area contributed by atoms with Gasteiger partial charge >= 0.3 is 0 Å². The molecule has 0 saturated heterocycles. The second-order valence-corrected chi connectivity index (χ2v) is 6.18. The lowest BCUT2D eigenvalue weighted by molar-refractivity contribution is 0.402. The van der Waals surface area contributed by atoms with Gasteiger partial charge in [0.2, 0.25) is 0 Å². The molecule has 20 heavy (non-hydrogen) atoms. The molecule has 104 valence electrons. The van der Waals surface area contributed by atoms with Crippen LogP contribution in [-0.4, -0.2) is 19.0 Å². The topological polar surface area (TPSA) is 28.0 Å². The number of rotatable bonds is 5. The molecule has 0 heterocycles. The van der Waals surface area contributed by atoms with Crippen molar-refractivity contribution in [3.8, 4) is 0 Å². The lowest BCUT2D eigenvalue weighted by atomic mass is 10.1. The number of azo groups is 1. The van der Waals surface area contributed by atoms with Crippen molar-refractivity contribution in [3.05, 3.63) is 63.2 Å². The van der Waals surface area contributed by atoms with Crippen LogP contribution in [0.15, 0.2) is 58.8 Å². The minimum absolute atomic E-state index is 0.619. The van der Waals surface area contributed by atoms with E-state index in [9.17, 15) is 0 Å². The molecular weight excluding hydrogens is 361 g/mol. The van der Waals surface area contributed by atoms with Gasteiger partial charge < -0.3 is 4.90 Å². The normalized spacial score (nSPS) is 11.4. The average Bonchev–Trinajstić information content (AvgIpc) is 2.42. The Bertz CT molecular complexity index is 559. The highest BCUT2D eigenvalue weighted by atomic mass is 127. The summed E-state index contributed by atoms with van der Waals surface area (Å²) in [5, 5.41) is 8.47. The van der Waals surface area contributed by atoms with Crippen molar-refractivity contribution < 1.29 is 0 Å². The molecule has 0 aliphatic carbocycles. The molecule has 0 amide bonds. The fourth-order valence-corrected chi connectivity index (χ4v) is 2.18. The Labute approximate surface area is 133 Å². The zero-order valence-electron chi connectivity index (χ0n) is 11.8. The lowest BCUT2D eigenvalue weighted by Crippen LogP contribution is -2.10. The highest BCUT2D eigenvalue weighted by Gasteiger charge is 1.96. The van der Waals surface area contributed by atoms with E-state index in [0.29, 0.717) is 6.54 Å². The Morgan fingerprint density at radius 1 is 0.900 bits per heavy atom. The van der Waals surface area contributed by atoms with Crippen LogP contribution in [0.25, 0.3) is 0 Å².